The molecule has 1 aromatic carbocycles. The molecule has 0 spiro atoms. The normalized spacial score (nSPS) is 20.2. The minimum absolute atomic E-state index is 0.403. The van der Waals surface area contributed by atoms with E-state index in [0.29, 0.717) is 5.52 Å². The lowest BCUT2D eigenvalue weighted by Crippen LogP contribution is -2.41. The Morgan fingerprint density at radius 1 is 1.18 bits per heavy atom. The van der Waals surface area contributed by atoms with Crippen LogP contribution in [0.5, 0.6) is 0 Å². The highest BCUT2D eigenvalue weighted by Gasteiger charge is 2.51. The van der Waals surface area contributed by atoms with Crippen molar-refractivity contribution in [3.8, 4) is 0 Å². The van der Waals surface area contributed by atoms with E-state index in [4.69, 9.17) is 9.31 Å². The summed E-state index contributed by atoms with van der Waals surface area (Å²) >= 11 is 0. The topological polar surface area (TPSA) is 36.3 Å². The molecule has 1 aliphatic rings. The maximum Gasteiger partial charge on any atom is 0.494 e. The third-order valence-corrected chi connectivity index (χ3v) is 4.50. The van der Waals surface area contributed by atoms with Crippen molar-refractivity contribution in [2.24, 2.45) is 0 Å². The van der Waals surface area contributed by atoms with E-state index in [9.17, 15) is 8.78 Å². The largest absolute Gasteiger partial charge is 0.494 e. The van der Waals surface area contributed by atoms with E-state index in [-0.39, 0.29) is 0 Å². The van der Waals surface area contributed by atoms with Crippen LogP contribution in [0.3, 0.4) is 0 Å². The molecule has 7 heteroatoms. The van der Waals surface area contributed by atoms with Gasteiger partial charge < -0.3 is 9.31 Å². The average molecular weight is 308 g/mol. The zero-order valence-corrected chi connectivity index (χ0v) is 13.1. The van der Waals surface area contributed by atoms with Crippen LogP contribution in [0.4, 0.5) is 8.78 Å². The van der Waals surface area contributed by atoms with Crippen molar-refractivity contribution in [2.45, 2.75) is 51.9 Å². The second-order valence-corrected chi connectivity index (χ2v) is 6.62. The molecule has 1 aromatic heterocycles. The van der Waals surface area contributed by atoms with Crippen molar-refractivity contribution in [1.29, 1.82) is 0 Å². The van der Waals surface area contributed by atoms with Crippen molar-refractivity contribution in [2.75, 3.05) is 0 Å². The van der Waals surface area contributed by atoms with Gasteiger partial charge in [0.05, 0.1) is 22.9 Å². The van der Waals surface area contributed by atoms with E-state index in [1.165, 1.54) is 4.68 Å². The van der Waals surface area contributed by atoms with Crippen molar-refractivity contribution < 1.29 is 18.1 Å². The first-order chi connectivity index (χ1) is 10.2. The first kappa shape index (κ1) is 15.4. The molecule has 0 N–H and O–H groups in total. The Morgan fingerprint density at radius 3 is 2.41 bits per heavy atom. The zero-order valence-electron chi connectivity index (χ0n) is 13.1. The van der Waals surface area contributed by atoms with E-state index in [1.54, 1.807) is 12.3 Å². The smallest absolute Gasteiger partial charge is 0.399 e. The Morgan fingerprint density at radius 2 is 1.82 bits per heavy atom. The Bertz CT molecular complexity index is 684. The van der Waals surface area contributed by atoms with Crippen molar-refractivity contribution in [1.82, 2.24) is 9.78 Å². The SMILES string of the molecule is CC1(C)OB(c2ccc3c(cnn3CC(F)F)c2)OC1(C)C. The van der Waals surface area contributed by atoms with Crippen LogP contribution in [0.25, 0.3) is 10.9 Å². The average Bonchev–Trinajstić information content (AvgIpc) is 2.88. The number of aromatic nitrogens is 2. The summed E-state index contributed by atoms with van der Waals surface area (Å²) in [6.07, 6.45) is -0.835. The monoisotopic (exact) mass is 308 g/mol. The lowest BCUT2D eigenvalue weighted by Gasteiger charge is -2.32. The van der Waals surface area contributed by atoms with E-state index in [1.807, 2.05) is 39.8 Å². The molecular weight excluding hydrogens is 289 g/mol. The molecule has 1 fully saturated rings. The summed E-state index contributed by atoms with van der Waals surface area (Å²) in [6, 6.07) is 5.51. The van der Waals surface area contributed by atoms with Gasteiger partial charge in [0.1, 0.15) is 6.54 Å². The number of fused-ring (bicyclic) bond motifs is 1. The number of hydrogen-bond donors (Lipinski definition) is 0. The van der Waals surface area contributed by atoms with Crippen LogP contribution in [0.1, 0.15) is 27.7 Å². The highest BCUT2D eigenvalue weighted by atomic mass is 19.3. The molecule has 0 radical (unpaired) electrons. The van der Waals surface area contributed by atoms with Gasteiger partial charge in [0.2, 0.25) is 0 Å². The summed E-state index contributed by atoms with van der Waals surface area (Å²) in [7, 11) is -0.465. The fourth-order valence-corrected chi connectivity index (χ4v) is 2.51. The van der Waals surface area contributed by atoms with Crippen LogP contribution in [0.15, 0.2) is 24.4 Å². The summed E-state index contributed by atoms with van der Waals surface area (Å²) in [5.41, 5.74) is 0.724. The van der Waals surface area contributed by atoms with Crippen molar-refractivity contribution in [3.05, 3.63) is 24.4 Å². The standard InChI is InChI=1S/C15H19BF2N2O2/c1-14(2)15(3,4)22-16(21-14)11-5-6-12-10(7-11)8-19-20(12)9-13(17)18/h5-8,13H,9H2,1-4H3. The molecule has 1 saturated heterocycles. The van der Waals surface area contributed by atoms with Crippen LogP contribution in [0.2, 0.25) is 0 Å². The second kappa shape index (κ2) is 5.03. The molecule has 0 amide bonds. The fourth-order valence-electron chi connectivity index (χ4n) is 2.51. The Hall–Kier alpha value is -1.47. The Balaban J connectivity index is 1.91. The first-order valence-corrected chi connectivity index (χ1v) is 7.29. The number of benzene rings is 1. The predicted molar refractivity (Wildman–Crippen MR) is 81.5 cm³/mol. The minimum Gasteiger partial charge on any atom is -0.399 e. The van der Waals surface area contributed by atoms with Crippen molar-refractivity contribution >= 4 is 23.5 Å². The summed E-state index contributed by atoms with van der Waals surface area (Å²) in [6.45, 7) is 7.57. The van der Waals surface area contributed by atoms with Crippen LogP contribution >= 0.6 is 0 Å². The summed E-state index contributed by atoms with van der Waals surface area (Å²) in [5.74, 6) is 0. The van der Waals surface area contributed by atoms with E-state index in [0.717, 1.165) is 10.8 Å². The molecule has 0 aliphatic carbocycles. The third-order valence-electron chi connectivity index (χ3n) is 4.50. The van der Waals surface area contributed by atoms with Crippen LogP contribution in [-0.2, 0) is 15.9 Å². The van der Waals surface area contributed by atoms with E-state index < -0.39 is 31.3 Å². The van der Waals surface area contributed by atoms with Crippen LogP contribution < -0.4 is 5.46 Å². The number of halogens is 2. The molecular formula is C15H19BF2N2O2. The minimum atomic E-state index is -2.43. The van der Waals surface area contributed by atoms with Gasteiger partial charge in [-0.2, -0.15) is 5.10 Å². The molecule has 3 rings (SSSR count). The Kier molecular flexibility index (Phi) is 3.53. The molecule has 22 heavy (non-hydrogen) atoms. The Labute approximate surface area is 128 Å². The molecule has 0 unspecified atom stereocenters. The fraction of sp³-hybridized carbons (Fsp3) is 0.533. The van der Waals surface area contributed by atoms with Gasteiger partial charge in [-0.1, -0.05) is 12.1 Å². The quantitative estimate of drug-likeness (QED) is 0.818. The van der Waals surface area contributed by atoms with E-state index in [2.05, 4.69) is 5.10 Å². The third kappa shape index (κ3) is 2.52. The number of hydrogen-bond acceptors (Lipinski definition) is 3. The van der Waals surface area contributed by atoms with Crippen LogP contribution in [0, 0.1) is 0 Å². The van der Waals surface area contributed by atoms with E-state index >= 15 is 0 Å². The molecule has 0 atom stereocenters. The van der Waals surface area contributed by atoms with Crippen LogP contribution in [-0.4, -0.2) is 34.5 Å². The molecule has 0 bridgehead atoms. The zero-order chi connectivity index (χ0) is 16.1. The lowest BCUT2D eigenvalue weighted by molar-refractivity contribution is 0.00578. The molecule has 2 aromatic rings. The summed E-state index contributed by atoms with van der Waals surface area (Å²) in [4.78, 5) is 0. The van der Waals surface area contributed by atoms with Gasteiger partial charge in [-0.05, 0) is 39.2 Å². The number of nitrogens with zero attached hydrogens (tertiary/aromatic N) is 2. The van der Waals surface area contributed by atoms with Gasteiger partial charge in [0.15, 0.2) is 0 Å². The number of alkyl halides is 2. The highest BCUT2D eigenvalue weighted by molar-refractivity contribution is 6.62. The van der Waals surface area contributed by atoms with Gasteiger partial charge in [0.25, 0.3) is 6.43 Å². The van der Waals surface area contributed by atoms with Gasteiger partial charge in [-0.3, -0.25) is 4.68 Å². The molecule has 118 valence electrons. The molecule has 1 aliphatic heterocycles. The molecule has 4 nitrogen and oxygen atoms in total. The summed E-state index contributed by atoms with van der Waals surface area (Å²) in [5, 5.41) is 4.81. The summed E-state index contributed by atoms with van der Waals surface area (Å²) < 4.78 is 38.4. The molecule has 2 heterocycles. The van der Waals surface area contributed by atoms with Gasteiger partial charge >= 0.3 is 7.12 Å². The first-order valence-electron chi connectivity index (χ1n) is 7.29. The van der Waals surface area contributed by atoms with Crippen molar-refractivity contribution in [3.63, 3.8) is 0 Å². The molecule has 0 saturated carbocycles. The van der Waals surface area contributed by atoms with Gasteiger partial charge in [-0.15, -0.1) is 0 Å². The predicted octanol–water partition coefficient (Wildman–Crippen LogP) is 2.60. The van der Waals surface area contributed by atoms with Gasteiger partial charge in [-0.25, -0.2) is 8.78 Å². The van der Waals surface area contributed by atoms with Gasteiger partial charge in [0, 0.05) is 5.39 Å². The maximum absolute atomic E-state index is 12.5. The second-order valence-electron chi connectivity index (χ2n) is 6.62. The number of rotatable bonds is 3. The maximum atomic E-state index is 12.5. The lowest BCUT2D eigenvalue weighted by atomic mass is 9.79. The highest BCUT2D eigenvalue weighted by Crippen LogP contribution is 2.36.